The first-order valence-corrected chi connectivity index (χ1v) is 6.59. The zero-order valence-corrected chi connectivity index (χ0v) is 10.9. The quantitative estimate of drug-likeness (QED) is 0.857. The summed E-state index contributed by atoms with van der Waals surface area (Å²) >= 11 is 0. The Labute approximate surface area is 111 Å². The van der Waals surface area contributed by atoms with Gasteiger partial charge in [-0.05, 0) is 25.0 Å². The van der Waals surface area contributed by atoms with E-state index >= 15 is 0 Å². The molecule has 1 aliphatic heterocycles. The summed E-state index contributed by atoms with van der Waals surface area (Å²) in [6.07, 6.45) is 2.07. The molecule has 19 heavy (non-hydrogen) atoms. The maximum absolute atomic E-state index is 5.92. The van der Waals surface area contributed by atoms with Crippen molar-refractivity contribution in [2.45, 2.75) is 31.8 Å². The normalized spacial score (nSPS) is 22.8. The molecule has 5 nitrogen and oxygen atoms in total. The third kappa shape index (κ3) is 2.21. The van der Waals surface area contributed by atoms with Crippen LogP contribution in [0.5, 0.6) is 0 Å². The van der Waals surface area contributed by atoms with Crippen molar-refractivity contribution in [1.82, 2.24) is 10.1 Å². The Morgan fingerprint density at radius 1 is 1.37 bits per heavy atom. The Balaban J connectivity index is 1.90. The molecule has 100 valence electrons. The van der Waals surface area contributed by atoms with Gasteiger partial charge in [-0.3, -0.25) is 0 Å². The number of para-hydroxylation sites is 1. The summed E-state index contributed by atoms with van der Waals surface area (Å²) in [5, 5.41) is 4.04. The molecular weight excluding hydrogens is 242 g/mol. The minimum absolute atomic E-state index is 0.182. The molecule has 0 amide bonds. The lowest BCUT2D eigenvalue weighted by atomic mass is 10.00. The third-order valence-corrected chi connectivity index (χ3v) is 3.57. The first-order valence-electron chi connectivity index (χ1n) is 6.59. The zero-order valence-electron chi connectivity index (χ0n) is 10.9. The van der Waals surface area contributed by atoms with Crippen molar-refractivity contribution < 1.29 is 9.26 Å². The number of hydrogen-bond donors (Lipinski definition) is 1. The van der Waals surface area contributed by atoms with Crippen LogP contribution < -0.4 is 5.73 Å². The molecule has 1 fully saturated rings. The molecule has 1 aromatic heterocycles. The van der Waals surface area contributed by atoms with Crippen molar-refractivity contribution in [3.05, 3.63) is 30.2 Å². The van der Waals surface area contributed by atoms with Crippen LogP contribution in [0.15, 0.2) is 28.8 Å². The number of rotatable bonds is 3. The molecule has 2 N–H and O–H groups in total. The van der Waals surface area contributed by atoms with E-state index in [2.05, 4.69) is 17.1 Å². The Morgan fingerprint density at radius 2 is 2.21 bits per heavy atom. The third-order valence-electron chi connectivity index (χ3n) is 3.57. The van der Waals surface area contributed by atoms with Crippen LogP contribution in [-0.2, 0) is 4.74 Å². The summed E-state index contributed by atoms with van der Waals surface area (Å²) < 4.78 is 11.0. The molecule has 0 spiro atoms. The van der Waals surface area contributed by atoms with Gasteiger partial charge < -0.3 is 15.0 Å². The molecule has 0 bridgehead atoms. The molecule has 1 aromatic carbocycles. The number of anilines is 1. The largest absolute Gasteiger partial charge is 0.398 e. The van der Waals surface area contributed by atoms with Crippen LogP contribution in [0.3, 0.4) is 0 Å². The van der Waals surface area contributed by atoms with Crippen LogP contribution in [0, 0.1) is 0 Å². The second kappa shape index (κ2) is 5.01. The first kappa shape index (κ1) is 12.2. The number of benzene rings is 1. The van der Waals surface area contributed by atoms with Crippen molar-refractivity contribution in [3.63, 3.8) is 0 Å². The standard InChI is InChI=1S/C14H17N3O2/c1-2-12-10(7-8-18-12)14-16-13(17-19-14)9-5-3-4-6-11(9)15/h3-6,10,12H,2,7-8,15H2,1H3. The molecule has 2 unspecified atom stereocenters. The summed E-state index contributed by atoms with van der Waals surface area (Å²) in [5.41, 5.74) is 7.39. The lowest BCUT2D eigenvalue weighted by molar-refractivity contribution is 0.0953. The Hall–Kier alpha value is -1.88. The van der Waals surface area contributed by atoms with Gasteiger partial charge in [0.2, 0.25) is 11.7 Å². The van der Waals surface area contributed by atoms with Gasteiger partial charge in [0.25, 0.3) is 0 Å². The van der Waals surface area contributed by atoms with Gasteiger partial charge in [0.05, 0.1) is 12.0 Å². The highest BCUT2D eigenvalue weighted by atomic mass is 16.5. The average molecular weight is 259 g/mol. The maximum Gasteiger partial charge on any atom is 0.232 e. The van der Waals surface area contributed by atoms with E-state index in [4.69, 9.17) is 15.0 Å². The van der Waals surface area contributed by atoms with Crippen LogP contribution in [0.25, 0.3) is 11.4 Å². The number of nitrogen functional groups attached to an aromatic ring is 1. The molecule has 1 aliphatic rings. The fourth-order valence-electron chi connectivity index (χ4n) is 2.53. The average Bonchev–Trinajstić information content (AvgIpc) is 3.07. The summed E-state index contributed by atoms with van der Waals surface area (Å²) in [6, 6.07) is 7.53. The SMILES string of the molecule is CCC1OCCC1c1nc(-c2ccccc2N)no1. The zero-order chi connectivity index (χ0) is 13.2. The number of nitrogens with zero attached hydrogens (tertiary/aromatic N) is 2. The highest BCUT2D eigenvalue weighted by molar-refractivity contribution is 5.70. The molecule has 2 heterocycles. The Bertz CT molecular complexity index is 567. The summed E-state index contributed by atoms with van der Waals surface area (Å²) in [6.45, 7) is 2.86. The van der Waals surface area contributed by atoms with Crippen molar-refractivity contribution in [2.24, 2.45) is 0 Å². The van der Waals surface area contributed by atoms with E-state index in [1.807, 2.05) is 24.3 Å². The van der Waals surface area contributed by atoms with E-state index in [-0.39, 0.29) is 12.0 Å². The molecule has 2 atom stereocenters. The van der Waals surface area contributed by atoms with Gasteiger partial charge in [0, 0.05) is 17.9 Å². The topological polar surface area (TPSA) is 74.2 Å². The molecular formula is C14H17N3O2. The summed E-state index contributed by atoms with van der Waals surface area (Å²) in [5.74, 6) is 1.41. The lowest BCUT2D eigenvalue weighted by Gasteiger charge is -2.11. The molecule has 5 heteroatoms. The minimum atomic E-state index is 0.182. The van der Waals surface area contributed by atoms with Crippen LogP contribution in [0.1, 0.15) is 31.6 Å². The van der Waals surface area contributed by atoms with Crippen molar-refractivity contribution in [1.29, 1.82) is 0 Å². The van der Waals surface area contributed by atoms with Gasteiger partial charge in [-0.25, -0.2) is 0 Å². The fraction of sp³-hybridized carbons (Fsp3) is 0.429. The maximum atomic E-state index is 5.92. The monoisotopic (exact) mass is 259 g/mol. The van der Waals surface area contributed by atoms with Crippen LogP contribution >= 0.6 is 0 Å². The van der Waals surface area contributed by atoms with E-state index < -0.39 is 0 Å². The number of ether oxygens (including phenoxy) is 1. The van der Waals surface area contributed by atoms with Crippen LogP contribution in [0.4, 0.5) is 5.69 Å². The van der Waals surface area contributed by atoms with E-state index in [0.717, 1.165) is 25.0 Å². The summed E-state index contributed by atoms with van der Waals surface area (Å²) in [4.78, 5) is 4.48. The van der Waals surface area contributed by atoms with Gasteiger partial charge in [0.15, 0.2) is 0 Å². The molecule has 1 saturated heterocycles. The van der Waals surface area contributed by atoms with E-state index in [1.54, 1.807) is 0 Å². The number of nitrogens with two attached hydrogens (primary N) is 1. The Morgan fingerprint density at radius 3 is 3.00 bits per heavy atom. The van der Waals surface area contributed by atoms with Gasteiger partial charge >= 0.3 is 0 Å². The van der Waals surface area contributed by atoms with Crippen molar-refractivity contribution >= 4 is 5.69 Å². The smallest absolute Gasteiger partial charge is 0.232 e. The van der Waals surface area contributed by atoms with Gasteiger partial charge in [0.1, 0.15) is 0 Å². The summed E-state index contributed by atoms with van der Waals surface area (Å²) in [7, 11) is 0. The van der Waals surface area contributed by atoms with Gasteiger partial charge in [-0.15, -0.1) is 0 Å². The molecule has 0 saturated carbocycles. The highest BCUT2D eigenvalue weighted by Gasteiger charge is 2.32. The lowest BCUT2D eigenvalue weighted by Crippen LogP contribution is -2.13. The van der Waals surface area contributed by atoms with Crippen LogP contribution in [0.2, 0.25) is 0 Å². The van der Waals surface area contributed by atoms with E-state index in [1.165, 1.54) is 0 Å². The van der Waals surface area contributed by atoms with Crippen LogP contribution in [-0.4, -0.2) is 22.9 Å². The molecule has 0 aliphatic carbocycles. The highest BCUT2D eigenvalue weighted by Crippen LogP contribution is 2.33. The number of aromatic nitrogens is 2. The second-order valence-electron chi connectivity index (χ2n) is 4.76. The van der Waals surface area contributed by atoms with Crippen molar-refractivity contribution in [2.75, 3.05) is 12.3 Å². The molecule has 2 aromatic rings. The van der Waals surface area contributed by atoms with E-state index in [9.17, 15) is 0 Å². The fourth-order valence-corrected chi connectivity index (χ4v) is 2.53. The minimum Gasteiger partial charge on any atom is -0.398 e. The second-order valence-corrected chi connectivity index (χ2v) is 4.76. The predicted octanol–water partition coefficient (Wildman–Crippen LogP) is 2.60. The predicted molar refractivity (Wildman–Crippen MR) is 71.5 cm³/mol. The number of hydrogen-bond acceptors (Lipinski definition) is 5. The van der Waals surface area contributed by atoms with Crippen molar-refractivity contribution in [3.8, 4) is 11.4 Å². The first-order chi connectivity index (χ1) is 9.29. The molecule has 0 radical (unpaired) electrons. The van der Waals surface area contributed by atoms with Gasteiger partial charge in [-0.2, -0.15) is 4.98 Å². The Kier molecular flexibility index (Phi) is 3.21. The van der Waals surface area contributed by atoms with E-state index in [0.29, 0.717) is 17.4 Å². The molecule has 3 rings (SSSR count). The van der Waals surface area contributed by atoms with Gasteiger partial charge in [-0.1, -0.05) is 24.2 Å².